The maximum absolute atomic E-state index is 10.6. The van der Waals surface area contributed by atoms with Gasteiger partial charge in [0.15, 0.2) is 0 Å². The van der Waals surface area contributed by atoms with Gasteiger partial charge in [-0.1, -0.05) is 0 Å². The summed E-state index contributed by atoms with van der Waals surface area (Å²) in [6, 6.07) is 4.56. The van der Waals surface area contributed by atoms with Crippen LogP contribution in [0.15, 0.2) is 18.2 Å². The van der Waals surface area contributed by atoms with Gasteiger partial charge in [-0.15, -0.1) is 0 Å². The Balaban J connectivity index is 2.83. The van der Waals surface area contributed by atoms with Gasteiger partial charge in [0.2, 0.25) is 0 Å². The van der Waals surface area contributed by atoms with Crippen molar-refractivity contribution in [1.29, 1.82) is 0 Å². The van der Waals surface area contributed by atoms with Crippen LogP contribution in [0.5, 0.6) is 0 Å². The second-order valence-corrected chi connectivity index (χ2v) is 2.76. The summed E-state index contributed by atoms with van der Waals surface area (Å²) in [6.45, 7) is 0.423. The lowest BCUT2D eigenvalue weighted by atomic mass is 10.1. The Morgan fingerprint density at radius 1 is 1.50 bits per heavy atom. The molecule has 0 aliphatic rings. The van der Waals surface area contributed by atoms with Crippen molar-refractivity contribution in [2.24, 2.45) is 0 Å². The molecule has 1 aromatic rings. The topological polar surface area (TPSA) is 95.6 Å². The molecule has 76 valence electrons. The quantitative estimate of drug-likeness (QED) is 0.522. The number of carbonyl (C=O) groups is 1. The number of nitrogen functional groups attached to an aromatic ring is 1. The zero-order valence-electron chi connectivity index (χ0n) is 7.53. The van der Waals surface area contributed by atoms with Crippen molar-refractivity contribution >= 4 is 17.3 Å². The second kappa shape index (κ2) is 4.48. The number of aliphatic hydroxyl groups excluding tert-OH is 1. The van der Waals surface area contributed by atoms with Gasteiger partial charge >= 0.3 is 5.97 Å². The Bertz CT molecular complexity index is 339. The first-order valence-electron chi connectivity index (χ1n) is 4.12. The lowest BCUT2D eigenvalue weighted by Gasteiger charge is -2.06. The molecule has 0 spiro atoms. The van der Waals surface area contributed by atoms with Gasteiger partial charge in [-0.25, -0.2) is 4.79 Å². The van der Waals surface area contributed by atoms with Crippen LogP contribution in [0.1, 0.15) is 10.4 Å². The van der Waals surface area contributed by atoms with Crippen LogP contribution >= 0.6 is 0 Å². The van der Waals surface area contributed by atoms with Gasteiger partial charge in [0.25, 0.3) is 0 Å². The monoisotopic (exact) mass is 196 g/mol. The van der Waals surface area contributed by atoms with Gasteiger partial charge in [0.05, 0.1) is 12.2 Å². The van der Waals surface area contributed by atoms with Crippen molar-refractivity contribution in [2.75, 3.05) is 24.2 Å². The van der Waals surface area contributed by atoms with Crippen molar-refractivity contribution in [2.45, 2.75) is 0 Å². The molecule has 0 unspecified atom stereocenters. The molecule has 1 rings (SSSR count). The predicted octanol–water partition coefficient (Wildman–Crippen LogP) is 0.371. The summed E-state index contributed by atoms with van der Waals surface area (Å²) in [5.74, 6) is -1.05. The van der Waals surface area contributed by atoms with E-state index in [-0.39, 0.29) is 17.9 Å². The van der Waals surface area contributed by atoms with Gasteiger partial charge in [-0.05, 0) is 18.2 Å². The van der Waals surface area contributed by atoms with E-state index in [1.807, 2.05) is 0 Å². The molecule has 0 saturated heterocycles. The number of nitrogens with one attached hydrogen (secondary N) is 1. The Morgan fingerprint density at radius 2 is 2.21 bits per heavy atom. The maximum Gasteiger partial charge on any atom is 0.337 e. The van der Waals surface area contributed by atoms with Crippen LogP contribution in [-0.4, -0.2) is 29.3 Å². The number of rotatable bonds is 4. The molecule has 5 N–H and O–H groups in total. The van der Waals surface area contributed by atoms with Crippen LogP contribution in [-0.2, 0) is 0 Å². The SMILES string of the molecule is Nc1cc(NCCO)ccc1C(=O)O. The number of anilines is 2. The van der Waals surface area contributed by atoms with Gasteiger partial charge in [-0.2, -0.15) is 0 Å². The van der Waals surface area contributed by atoms with E-state index in [1.54, 1.807) is 6.07 Å². The summed E-state index contributed by atoms with van der Waals surface area (Å²) in [4.78, 5) is 10.6. The van der Waals surface area contributed by atoms with E-state index in [4.69, 9.17) is 15.9 Å². The van der Waals surface area contributed by atoms with Crippen LogP contribution in [0, 0.1) is 0 Å². The molecular formula is C9H12N2O3. The summed E-state index contributed by atoms with van der Waals surface area (Å²) >= 11 is 0. The first kappa shape index (κ1) is 10.3. The summed E-state index contributed by atoms with van der Waals surface area (Å²) in [5.41, 5.74) is 6.50. The molecule has 0 atom stereocenters. The zero-order chi connectivity index (χ0) is 10.6. The molecule has 0 aliphatic heterocycles. The highest BCUT2D eigenvalue weighted by molar-refractivity contribution is 5.94. The van der Waals surface area contributed by atoms with E-state index >= 15 is 0 Å². The fourth-order valence-corrected chi connectivity index (χ4v) is 1.07. The summed E-state index contributed by atoms with van der Waals surface area (Å²) in [5, 5.41) is 20.1. The van der Waals surface area contributed by atoms with Crippen LogP contribution in [0.3, 0.4) is 0 Å². The molecule has 0 aliphatic carbocycles. The van der Waals surface area contributed by atoms with Crippen LogP contribution < -0.4 is 11.1 Å². The maximum atomic E-state index is 10.6. The smallest absolute Gasteiger partial charge is 0.337 e. The molecule has 1 aromatic carbocycles. The summed E-state index contributed by atoms with van der Waals surface area (Å²) < 4.78 is 0. The van der Waals surface area contributed by atoms with Gasteiger partial charge < -0.3 is 21.3 Å². The molecule has 5 heteroatoms. The third-order valence-corrected chi connectivity index (χ3v) is 1.72. The van der Waals surface area contributed by atoms with Gasteiger partial charge in [-0.3, -0.25) is 0 Å². The van der Waals surface area contributed by atoms with Gasteiger partial charge in [0.1, 0.15) is 0 Å². The van der Waals surface area contributed by atoms with Crippen molar-refractivity contribution in [3.8, 4) is 0 Å². The van der Waals surface area contributed by atoms with E-state index in [0.717, 1.165) is 0 Å². The first-order valence-corrected chi connectivity index (χ1v) is 4.12. The third-order valence-electron chi connectivity index (χ3n) is 1.72. The number of nitrogens with two attached hydrogens (primary N) is 1. The Labute approximate surface area is 81.2 Å². The number of aromatic carboxylic acids is 1. The average molecular weight is 196 g/mol. The molecule has 0 bridgehead atoms. The standard InChI is InChI=1S/C9H12N2O3/c10-8-5-6(11-3-4-12)1-2-7(8)9(13)14/h1-2,5,11-12H,3-4,10H2,(H,13,14). The van der Waals surface area contributed by atoms with E-state index < -0.39 is 5.97 Å². The number of hydrogen-bond donors (Lipinski definition) is 4. The Kier molecular flexibility index (Phi) is 3.30. The Hall–Kier alpha value is -1.75. The number of benzene rings is 1. The lowest BCUT2D eigenvalue weighted by Crippen LogP contribution is -2.07. The first-order chi connectivity index (χ1) is 6.65. The fraction of sp³-hybridized carbons (Fsp3) is 0.222. The minimum Gasteiger partial charge on any atom is -0.478 e. The van der Waals surface area contributed by atoms with E-state index in [1.165, 1.54) is 12.1 Å². The lowest BCUT2D eigenvalue weighted by molar-refractivity contribution is 0.0698. The van der Waals surface area contributed by atoms with Crippen molar-refractivity contribution < 1.29 is 15.0 Å². The van der Waals surface area contributed by atoms with Crippen LogP contribution in [0.2, 0.25) is 0 Å². The van der Waals surface area contributed by atoms with Crippen molar-refractivity contribution in [3.63, 3.8) is 0 Å². The molecule has 14 heavy (non-hydrogen) atoms. The number of hydrogen-bond acceptors (Lipinski definition) is 4. The number of carboxylic acid groups (broad SMARTS) is 1. The molecule has 5 nitrogen and oxygen atoms in total. The van der Waals surface area contributed by atoms with Gasteiger partial charge in [0, 0.05) is 17.9 Å². The fourth-order valence-electron chi connectivity index (χ4n) is 1.07. The Morgan fingerprint density at radius 3 is 2.71 bits per heavy atom. The van der Waals surface area contributed by atoms with E-state index in [0.29, 0.717) is 12.2 Å². The van der Waals surface area contributed by atoms with E-state index in [2.05, 4.69) is 5.32 Å². The molecule has 0 amide bonds. The van der Waals surface area contributed by atoms with Crippen LogP contribution in [0.25, 0.3) is 0 Å². The molecule has 0 aromatic heterocycles. The largest absolute Gasteiger partial charge is 0.478 e. The average Bonchev–Trinajstić information content (AvgIpc) is 2.14. The van der Waals surface area contributed by atoms with Crippen molar-refractivity contribution in [1.82, 2.24) is 0 Å². The predicted molar refractivity (Wildman–Crippen MR) is 53.4 cm³/mol. The highest BCUT2D eigenvalue weighted by Gasteiger charge is 2.07. The van der Waals surface area contributed by atoms with E-state index in [9.17, 15) is 4.79 Å². The second-order valence-electron chi connectivity index (χ2n) is 2.76. The molecule has 0 saturated carbocycles. The third kappa shape index (κ3) is 2.37. The summed E-state index contributed by atoms with van der Waals surface area (Å²) in [7, 11) is 0. The molecular weight excluding hydrogens is 184 g/mol. The molecule has 0 radical (unpaired) electrons. The number of aliphatic hydroxyl groups is 1. The van der Waals surface area contributed by atoms with Crippen molar-refractivity contribution in [3.05, 3.63) is 23.8 Å². The highest BCUT2D eigenvalue weighted by Crippen LogP contribution is 2.17. The molecule has 0 heterocycles. The normalized spacial score (nSPS) is 9.79. The minimum atomic E-state index is -1.05. The minimum absolute atomic E-state index is 0.0145. The highest BCUT2D eigenvalue weighted by atomic mass is 16.4. The molecule has 0 fully saturated rings. The number of carboxylic acids is 1. The van der Waals surface area contributed by atoms with Crippen LogP contribution in [0.4, 0.5) is 11.4 Å². The zero-order valence-corrected chi connectivity index (χ0v) is 7.53. The summed E-state index contributed by atoms with van der Waals surface area (Å²) in [6.07, 6.45) is 0.